The van der Waals surface area contributed by atoms with E-state index in [0.717, 1.165) is 11.8 Å². The van der Waals surface area contributed by atoms with Crippen LogP contribution in [0.3, 0.4) is 0 Å². The summed E-state index contributed by atoms with van der Waals surface area (Å²) in [4.78, 5) is 0. The third-order valence-electron chi connectivity index (χ3n) is 7.83. The molecule has 0 N–H and O–H groups in total. The lowest BCUT2D eigenvalue weighted by atomic mass is 9.69. The number of ether oxygens (including phenoxy) is 1. The van der Waals surface area contributed by atoms with Crippen molar-refractivity contribution in [3.05, 3.63) is 76.9 Å². The maximum atomic E-state index is 6.75. The minimum Gasteiger partial charge on any atom is -0.360 e. The van der Waals surface area contributed by atoms with E-state index in [2.05, 4.69) is 60.7 Å². The number of epoxide rings is 1. The van der Waals surface area contributed by atoms with Gasteiger partial charge in [0.25, 0.3) is 0 Å². The maximum absolute atomic E-state index is 6.75. The topological polar surface area (TPSA) is 12.5 Å². The van der Waals surface area contributed by atoms with Gasteiger partial charge in [0.15, 0.2) is 0 Å². The predicted octanol–water partition coefficient (Wildman–Crippen LogP) is 4.90. The van der Waals surface area contributed by atoms with Gasteiger partial charge in [-0.15, -0.1) is 0 Å². The number of fused-ring (bicyclic) bond motifs is 7. The second-order valence-corrected chi connectivity index (χ2v) is 8.45. The monoisotopic (exact) mass is 312 g/mol. The van der Waals surface area contributed by atoms with Gasteiger partial charge in [0.1, 0.15) is 11.2 Å². The lowest BCUT2D eigenvalue weighted by Gasteiger charge is -2.29. The number of benzene rings is 2. The standard InChI is InChI=1S/C23H20O/c1-2-6-14(7-3-1)12-19-20-17-8-4-5-9-18(17)21(19)23-16-11-10-15(13-16)22(20,23)24-23/h1-9,12,15-16,20-21H,10-11,13H2/t15-,16-,20+,21+,22-,23+/m0/s1. The highest BCUT2D eigenvalue weighted by molar-refractivity contribution is 5.73. The Labute approximate surface area is 142 Å². The number of hydrogen-bond acceptors (Lipinski definition) is 1. The molecular weight excluding hydrogens is 292 g/mol. The van der Waals surface area contributed by atoms with Crippen LogP contribution in [0.5, 0.6) is 0 Å². The largest absolute Gasteiger partial charge is 0.360 e. The fraction of sp³-hybridized carbons (Fsp3) is 0.391. The normalized spacial score (nSPS) is 46.9. The van der Waals surface area contributed by atoms with Crippen LogP contribution in [-0.4, -0.2) is 11.2 Å². The second kappa shape index (κ2) is 3.70. The molecule has 4 aliphatic carbocycles. The molecule has 1 aliphatic heterocycles. The Morgan fingerprint density at radius 1 is 0.792 bits per heavy atom. The molecule has 0 unspecified atom stereocenters. The quantitative estimate of drug-likeness (QED) is 0.682. The van der Waals surface area contributed by atoms with Gasteiger partial charge in [-0.1, -0.05) is 60.7 Å². The predicted molar refractivity (Wildman–Crippen MR) is 93.7 cm³/mol. The summed E-state index contributed by atoms with van der Waals surface area (Å²) >= 11 is 0. The second-order valence-electron chi connectivity index (χ2n) is 8.45. The first-order valence-corrected chi connectivity index (χ1v) is 9.42. The van der Waals surface area contributed by atoms with Crippen LogP contribution in [0.4, 0.5) is 0 Å². The molecule has 0 amide bonds. The van der Waals surface area contributed by atoms with E-state index in [9.17, 15) is 0 Å². The summed E-state index contributed by atoms with van der Waals surface area (Å²) in [5.41, 5.74) is 6.43. The molecule has 2 aromatic rings. The average molecular weight is 312 g/mol. The molecule has 1 nitrogen and oxygen atoms in total. The summed E-state index contributed by atoms with van der Waals surface area (Å²) in [5, 5.41) is 0. The lowest BCUT2D eigenvalue weighted by molar-refractivity contribution is 0.134. The maximum Gasteiger partial charge on any atom is 0.113 e. The molecule has 6 atom stereocenters. The summed E-state index contributed by atoms with van der Waals surface area (Å²) in [5.74, 6) is 2.61. The summed E-state index contributed by atoms with van der Waals surface area (Å²) in [6.07, 6.45) is 6.67. The van der Waals surface area contributed by atoms with Gasteiger partial charge in [0, 0.05) is 11.8 Å². The molecule has 3 saturated carbocycles. The number of hydrogen-bond donors (Lipinski definition) is 0. The fourth-order valence-corrected chi connectivity index (χ4v) is 7.29. The van der Waals surface area contributed by atoms with Gasteiger partial charge >= 0.3 is 0 Å². The van der Waals surface area contributed by atoms with Crippen molar-refractivity contribution in [2.75, 3.05) is 0 Å². The summed E-state index contributed by atoms with van der Waals surface area (Å²) in [6, 6.07) is 20.0. The molecule has 0 spiro atoms. The van der Waals surface area contributed by atoms with Crippen LogP contribution < -0.4 is 0 Å². The Hall–Kier alpha value is -1.86. The van der Waals surface area contributed by atoms with Crippen molar-refractivity contribution in [1.82, 2.24) is 0 Å². The molecular formula is C23H20O. The first-order chi connectivity index (χ1) is 11.9. The van der Waals surface area contributed by atoms with Crippen LogP contribution in [0.2, 0.25) is 0 Å². The van der Waals surface area contributed by atoms with Gasteiger partial charge < -0.3 is 4.74 Å². The van der Waals surface area contributed by atoms with Gasteiger partial charge in [0.05, 0.1) is 0 Å². The van der Waals surface area contributed by atoms with Crippen LogP contribution in [0, 0.1) is 11.8 Å². The smallest absolute Gasteiger partial charge is 0.113 e. The van der Waals surface area contributed by atoms with Crippen molar-refractivity contribution in [2.45, 2.75) is 42.3 Å². The van der Waals surface area contributed by atoms with E-state index in [1.165, 1.54) is 24.8 Å². The lowest BCUT2D eigenvalue weighted by Crippen LogP contribution is -2.36. The fourth-order valence-electron chi connectivity index (χ4n) is 7.29. The molecule has 2 aromatic carbocycles. The van der Waals surface area contributed by atoms with Gasteiger partial charge in [-0.05, 0) is 53.4 Å². The van der Waals surface area contributed by atoms with Crippen molar-refractivity contribution in [1.29, 1.82) is 0 Å². The third-order valence-corrected chi connectivity index (χ3v) is 7.83. The minimum atomic E-state index is 0.162. The van der Waals surface area contributed by atoms with E-state index in [1.54, 1.807) is 16.7 Å². The molecule has 0 aromatic heterocycles. The Kier molecular flexibility index (Phi) is 1.93. The highest BCUT2D eigenvalue weighted by Crippen LogP contribution is 2.88. The van der Waals surface area contributed by atoms with E-state index in [4.69, 9.17) is 4.74 Å². The SMILES string of the molecule is C(=C1[C@H]2c3ccccc3[C@H]1[C@]13O[C@]21[C@H]1CC[C@H]3C1)c1ccccc1. The van der Waals surface area contributed by atoms with Crippen molar-refractivity contribution in [3.8, 4) is 0 Å². The van der Waals surface area contributed by atoms with Crippen LogP contribution in [0.15, 0.2) is 60.2 Å². The Morgan fingerprint density at radius 3 is 2.00 bits per heavy atom. The highest BCUT2D eigenvalue weighted by Gasteiger charge is 2.92. The van der Waals surface area contributed by atoms with Crippen molar-refractivity contribution >= 4 is 6.08 Å². The summed E-state index contributed by atoms with van der Waals surface area (Å²) in [6.45, 7) is 0. The number of rotatable bonds is 1. The molecule has 1 saturated heterocycles. The van der Waals surface area contributed by atoms with E-state index in [1.807, 2.05) is 0 Å². The first kappa shape index (κ1) is 12.5. The first-order valence-electron chi connectivity index (χ1n) is 9.42. The van der Waals surface area contributed by atoms with E-state index in [0.29, 0.717) is 11.8 Å². The molecule has 4 fully saturated rings. The van der Waals surface area contributed by atoms with Crippen LogP contribution in [-0.2, 0) is 4.74 Å². The van der Waals surface area contributed by atoms with Gasteiger partial charge in [-0.3, -0.25) is 0 Å². The summed E-state index contributed by atoms with van der Waals surface area (Å²) in [7, 11) is 0. The zero-order chi connectivity index (χ0) is 15.5. The van der Waals surface area contributed by atoms with Crippen molar-refractivity contribution in [2.24, 2.45) is 11.8 Å². The van der Waals surface area contributed by atoms with Crippen LogP contribution in [0.25, 0.3) is 6.08 Å². The molecule has 4 bridgehead atoms. The minimum absolute atomic E-state index is 0.162. The molecule has 24 heavy (non-hydrogen) atoms. The van der Waals surface area contributed by atoms with E-state index in [-0.39, 0.29) is 11.2 Å². The third kappa shape index (κ3) is 1.07. The van der Waals surface area contributed by atoms with Crippen LogP contribution in [0.1, 0.15) is 47.8 Å². The molecule has 1 heteroatoms. The molecule has 5 aliphatic rings. The Bertz CT molecular complexity index is 862. The van der Waals surface area contributed by atoms with E-state index < -0.39 is 0 Å². The Balaban J connectivity index is 1.50. The van der Waals surface area contributed by atoms with Gasteiger partial charge in [-0.2, -0.15) is 0 Å². The van der Waals surface area contributed by atoms with E-state index >= 15 is 0 Å². The molecule has 118 valence electrons. The van der Waals surface area contributed by atoms with Crippen molar-refractivity contribution < 1.29 is 4.74 Å². The highest BCUT2D eigenvalue weighted by atomic mass is 16.6. The molecule has 0 radical (unpaired) electrons. The van der Waals surface area contributed by atoms with Crippen molar-refractivity contribution in [3.63, 3.8) is 0 Å². The van der Waals surface area contributed by atoms with Crippen LogP contribution >= 0.6 is 0 Å². The Morgan fingerprint density at radius 2 is 1.38 bits per heavy atom. The van der Waals surface area contributed by atoms with Gasteiger partial charge in [0.2, 0.25) is 0 Å². The zero-order valence-electron chi connectivity index (χ0n) is 13.6. The van der Waals surface area contributed by atoms with Gasteiger partial charge in [-0.25, -0.2) is 0 Å². The molecule has 1 heterocycles. The molecule has 7 rings (SSSR count). The average Bonchev–Trinajstić information content (AvgIpc) is 2.94. The summed E-state index contributed by atoms with van der Waals surface area (Å²) < 4.78 is 6.75. The zero-order valence-corrected chi connectivity index (χ0v) is 13.6.